The summed E-state index contributed by atoms with van der Waals surface area (Å²) in [6.07, 6.45) is 11.0. The molecule has 0 saturated carbocycles. The van der Waals surface area contributed by atoms with Crippen molar-refractivity contribution >= 4 is 5.82 Å². The number of nitrogens with one attached hydrogen (secondary N) is 1. The molecule has 1 aromatic carbocycles. The van der Waals surface area contributed by atoms with Gasteiger partial charge in [0.25, 0.3) is 0 Å². The lowest BCUT2D eigenvalue weighted by Gasteiger charge is -2.43. The first kappa shape index (κ1) is 27.1. The summed E-state index contributed by atoms with van der Waals surface area (Å²) >= 11 is 0. The Kier molecular flexibility index (Phi) is 8.46. The Morgan fingerprint density at radius 1 is 0.889 bits per heavy atom. The van der Waals surface area contributed by atoms with Gasteiger partial charge in [-0.15, -0.1) is 0 Å². The summed E-state index contributed by atoms with van der Waals surface area (Å²) in [5.41, 5.74) is 12.0. The topological polar surface area (TPSA) is 54.2 Å². The summed E-state index contributed by atoms with van der Waals surface area (Å²) in [4.78, 5) is 7.64. The third-order valence-corrected chi connectivity index (χ3v) is 9.08. The fourth-order valence-electron chi connectivity index (χ4n) is 6.37. The normalized spacial score (nSPS) is 20.2. The largest absolute Gasteiger partial charge is 0.356 e. The smallest absolute Gasteiger partial charge is 0.129 e. The highest BCUT2D eigenvalue weighted by molar-refractivity contribution is 5.65. The molecule has 1 aromatic heterocycles. The Labute approximate surface area is 220 Å². The second-order valence-corrected chi connectivity index (χ2v) is 12.7. The summed E-state index contributed by atoms with van der Waals surface area (Å²) in [6.45, 7) is 15.8. The first-order valence-electron chi connectivity index (χ1n) is 14.5. The van der Waals surface area contributed by atoms with E-state index in [2.05, 4.69) is 81.2 Å². The van der Waals surface area contributed by atoms with Crippen molar-refractivity contribution in [2.45, 2.75) is 109 Å². The molecule has 4 heteroatoms. The van der Waals surface area contributed by atoms with Gasteiger partial charge in [-0.25, -0.2) is 4.98 Å². The van der Waals surface area contributed by atoms with E-state index in [-0.39, 0.29) is 16.4 Å². The molecule has 36 heavy (non-hydrogen) atoms. The number of nitrogens with two attached hydrogens (primary N) is 1. The third kappa shape index (κ3) is 5.97. The van der Waals surface area contributed by atoms with E-state index in [9.17, 15) is 0 Å². The molecule has 3 N–H and O–H groups in total. The number of hydrogen-bond acceptors (Lipinski definition) is 4. The van der Waals surface area contributed by atoms with Crippen molar-refractivity contribution in [1.29, 1.82) is 0 Å². The fourth-order valence-corrected chi connectivity index (χ4v) is 6.37. The van der Waals surface area contributed by atoms with Gasteiger partial charge in [-0.2, -0.15) is 0 Å². The van der Waals surface area contributed by atoms with Crippen molar-refractivity contribution in [2.24, 2.45) is 5.73 Å². The van der Waals surface area contributed by atoms with Crippen LogP contribution >= 0.6 is 0 Å². The molecule has 0 spiro atoms. The zero-order chi connectivity index (χ0) is 25.8. The highest BCUT2D eigenvalue weighted by Crippen LogP contribution is 2.46. The Morgan fingerprint density at radius 2 is 1.61 bits per heavy atom. The molecule has 0 radical (unpaired) electrons. The molecule has 0 atom stereocenters. The Bertz CT molecular complexity index is 1000. The summed E-state index contributed by atoms with van der Waals surface area (Å²) in [7, 11) is 0. The minimum absolute atomic E-state index is 0.186. The Balaban J connectivity index is 1.48. The van der Waals surface area contributed by atoms with Crippen LogP contribution in [0.4, 0.5) is 5.82 Å². The average Bonchev–Trinajstić information content (AvgIpc) is 2.87. The third-order valence-electron chi connectivity index (χ3n) is 9.08. The number of aromatic nitrogens is 1. The molecule has 1 aliphatic heterocycles. The van der Waals surface area contributed by atoms with E-state index >= 15 is 0 Å². The number of benzene rings is 1. The van der Waals surface area contributed by atoms with Crippen LogP contribution in [0.5, 0.6) is 0 Å². The minimum Gasteiger partial charge on any atom is -0.356 e. The van der Waals surface area contributed by atoms with Gasteiger partial charge < -0.3 is 16.0 Å². The molecule has 198 valence electrons. The van der Waals surface area contributed by atoms with E-state index in [0.29, 0.717) is 0 Å². The summed E-state index contributed by atoms with van der Waals surface area (Å²) < 4.78 is 0. The van der Waals surface area contributed by atoms with E-state index in [1.54, 1.807) is 0 Å². The van der Waals surface area contributed by atoms with Crippen LogP contribution in [-0.2, 0) is 10.8 Å². The van der Waals surface area contributed by atoms with E-state index < -0.39 is 0 Å². The predicted molar refractivity (Wildman–Crippen MR) is 155 cm³/mol. The van der Waals surface area contributed by atoms with Crippen LogP contribution in [0.2, 0.25) is 0 Å². The molecule has 0 unspecified atom stereocenters. The molecule has 4 rings (SSSR count). The van der Waals surface area contributed by atoms with Gasteiger partial charge in [-0.05, 0) is 91.8 Å². The van der Waals surface area contributed by atoms with Gasteiger partial charge in [0, 0.05) is 24.2 Å². The number of hydrogen-bond donors (Lipinski definition) is 2. The van der Waals surface area contributed by atoms with Gasteiger partial charge in [-0.3, -0.25) is 0 Å². The van der Waals surface area contributed by atoms with Crippen LogP contribution in [-0.4, -0.2) is 36.7 Å². The standard InChI is InChI=1S/C32H50N4/c1-6-7-8-9-21-34-32(17-20-33)18-22-36(23-19-32)29-12-10-11-28(35-29)25-13-14-26-27(24-25)31(4,5)16-15-30(26,2)3/h10-14,24,34H,6-9,15-23,33H2,1-5H3. The Morgan fingerprint density at radius 3 is 2.31 bits per heavy atom. The number of fused-ring (bicyclic) bond motifs is 1. The predicted octanol–water partition coefficient (Wildman–Crippen LogP) is 6.96. The van der Waals surface area contributed by atoms with E-state index in [0.717, 1.165) is 57.0 Å². The lowest BCUT2D eigenvalue weighted by atomic mass is 9.63. The van der Waals surface area contributed by atoms with Crippen LogP contribution < -0.4 is 16.0 Å². The van der Waals surface area contributed by atoms with Gasteiger partial charge in [0.05, 0.1) is 5.69 Å². The lowest BCUT2D eigenvalue weighted by molar-refractivity contribution is 0.243. The first-order chi connectivity index (χ1) is 17.2. The van der Waals surface area contributed by atoms with E-state index in [1.807, 2.05) is 0 Å². The number of pyridine rings is 1. The molecule has 1 aliphatic carbocycles. The fraction of sp³-hybridized carbons (Fsp3) is 0.656. The van der Waals surface area contributed by atoms with Crippen molar-refractivity contribution in [3.8, 4) is 11.3 Å². The van der Waals surface area contributed by atoms with Crippen LogP contribution in [0.1, 0.15) is 104 Å². The van der Waals surface area contributed by atoms with Crippen molar-refractivity contribution in [3.63, 3.8) is 0 Å². The molecule has 2 heterocycles. The second-order valence-electron chi connectivity index (χ2n) is 12.7. The van der Waals surface area contributed by atoms with Gasteiger partial charge in [0.1, 0.15) is 5.82 Å². The van der Waals surface area contributed by atoms with Gasteiger partial charge >= 0.3 is 0 Å². The second kappa shape index (κ2) is 11.2. The lowest BCUT2D eigenvalue weighted by Crippen LogP contribution is -2.54. The quantitative estimate of drug-likeness (QED) is 0.354. The number of piperidine rings is 1. The maximum absolute atomic E-state index is 6.04. The van der Waals surface area contributed by atoms with Crippen molar-refractivity contribution in [2.75, 3.05) is 31.1 Å². The molecule has 4 nitrogen and oxygen atoms in total. The van der Waals surface area contributed by atoms with E-state index in [1.165, 1.54) is 55.2 Å². The number of unbranched alkanes of at least 4 members (excludes halogenated alkanes) is 3. The molecule has 2 aliphatic rings. The van der Waals surface area contributed by atoms with Crippen LogP contribution in [0, 0.1) is 0 Å². The number of rotatable bonds is 10. The SMILES string of the molecule is CCCCCCNC1(CCN)CCN(c2cccc(-c3ccc4c(c3)C(C)(C)CCC4(C)C)n2)CC1. The molecular formula is C32H50N4. The van der Waals surface area contributed by atoms with Crippen LogP contribution in [0.25, 0.3) is 11.3 Å². The molecule has 1 saturated heterocycles. The Hall–Kier alpha value is -1.91. The van der Waals surface area contributed by atoms with Crippen LogP contribution in [0.15, 0.2) is 36.4 Å². The highest BCUT2D eigenvalue weighted by Gasteiger charge is 2.37. The zero-order valence-corrected chi connectivity index (χ0v) is 23.6. The first-order valence-corrected chi connectivity index (χ1v) is 14.5. The molecule has 0 amide bonds. The highest BCUT2D eigenvalue weighted by atomic mass is 15.2. The summed E-state index contributed by atoms with van der Waals surface area (Å²) in [5.74, 6) is 1.11. The van der Waals surface area contributed by atoms with Crippen LogP contribution in [0.3, 0.4) is 0 Å². The van der Waals surface area contributed by atoms with Gasteiger partial charge in [-0.1, -0.05) is 72.1 Å². The average molecular weight is 491 g/mol. The van der Waals surface area contributed by atoms with Crippen molar-refractivity contribution in [3.05, 3.63) is 47.5 Å². The van der Waals surface area contributed by atoms with Gasteiger partial charge in [0.15, 0.2) is 0 Å². The van der Waals surface area contributed by atoms with Crippen molar-refractivity contribution in [1.82, 2.24) is 10.3 Å². The molecule has 1 fully saturated rings. The maximum atomic E-state index is 6.04. The molecule has 0 bridgehead atoms. The van der Waals surface area contributed by atoms with Gasteiger partial charge in [0.2, 0.25) is 0 Å². The molecule has 2 aromatic rings. The minimum atomic E-state index is 0.186. The van der Waals surface area contributed by atoms with Crippen molar-refractivity contribution < 1.29 is 0 Å². The summed E-state index contributed by atoms with van der Waals surface area (Å²) in [5, 5.41) is 3.92. The number of nitrogens with zero attached hydrogens (tertiary/aromatic N) is 2. The molecular weight excluding hydrogens is 440 g/mol. The summed E-state index contributed by atoms with van der Waals surface area (Å²) in [6, 6.07) is 13.6. The zero-order valence-electron chi connectivity index (χ0n) is 23.6. The number of anilines is 1. The monoisotopic (exact) mass is 490 g/mol. The van der Waals surface area contributed by atoms with E-state index in [4.69, 9.17) is 10.7 Å². The maximum Gasteiger partial charge on any atom is 0.129 e.